The number of nitrogens with one attached hydrogen (secondary N) is 1. The van der Waals surface area contributed by atoms with Gasteiger partial charge in [-0.2, -0.15) is 0 Å². The molecular weight excluding hydrogens is 364 g/mol. The molecule has 1 amide bonds. The van der Waals surface area contributed by atoms with Crippen molar-refractivity contribution in [2.24, 2.45) is 5.92 Å². The van der Waals surface area contributed by atoms with Crippen LogP contribution >= 0.6 is 0 Å². The molecule has 1 fully saturated rings. The van der Waals surface area contributed by atoms with Crippen molar-refractivity contribution < 1.29 is 4.79 Å². The van der Waals surface area contributed by atoms with Crippen molar-refractivity contribution in [2.75, 3.05) is 19.6 Å². The summed E-state index contributed by atoms with van der Waals surface area (Å²) >= 11 is 0. The third-order valence-electron chi connectivity index (χ3n) is 5.06. The first-order valence-corrected chi connectivity index (χ1v) is 9.92. The summed E-state index contributed by atoms with van der Waals surface area (Å²) in [7, 11) is 0. The van der Waals surface area contributed by atoms with E-state index in [-0.39, 0.29) is 5.91 Å². The van der Waals surface area contributed by atoms with Crippen molar-refractivity contribution in [1.82, 2.24) is 30.2 Å². The van der Waals surface area contributed by atoms with Crippen molar-refractivity contribution >= 4 is 5.91 Å². The van der Waals surface area contributed by atoms with Gasteiger partial charge >= 0.3 is 0 Å². The molecule has 148 valence electrons. The second-order valence-corrected chi connectivity index (χ2v) is 7.30. The van der Waals surface area contributed by atoms with Crippen molar-refractivity contribution in [3.8, 4) is 11.5 Å². The Kier molecular flexibility index (Phi) is 6.16. The minimum atomic E-state index is -0.110. The smallest absolute Gasteiger partial charge is 0.269 e. The minimum absolute atomic E-state index is 0.110. The van der Waals surface area contributed by atoms with E-state index in [2.05, 4.69) is 30.2 Å². The van der Waals surface area contributed by atoms with Gasteiger partial charge in [0.25, 0.3) is 5.91 Å². The summed E-state index contributed by atoms with van der Waals surface area (Å²) in [6.07, 6.45) is 9.38. The van der Waals surface area contributed by atoms with Crippen LogP contribution in [-0.2, 0) is 6.54 Å². The number of carbonyl (C=O) groups is 1. The van der Waals surface area contributed by atoms with E-state index in [1.807, 2.05) is 42.7 Å². The Balaban J connectivity index is 1.29. The maximum Gasteiger partial charge on any atom is 0.269 e. The van der Waals surface area contributed by atoms with Crippen LogP contribution in [0.4, 0.5) is 0 Å². The van der Waals surface area contributed by atoms with Crippen LogP contribution in [-0.4, -0.2) is 50.4 Å². The van der Waals surface area contributed by atoms with Gasteiger partial charge in [-0.15, -0.1) is 0 Å². The Morgan fingerprint density at radius 1 is 1.03 bits per heavy atom. The fraction of sp³-hybridized carbons (Fsp3) is 0.318. The molecule has 0 radical (unpaired) electrons. The standard InChI is InChI=1S/C22H24N6O/c29-22(20-8-2-4-10-24-20)27-12-17-6-5-11-28(15-17)16-18-13-25-21(26-14-18)19-7-1-3-9-23-19/h1-4,7-10,13-14,17H,5-6,11-12,15-16H2,(H,27,29). The van der Waals surface area contributed by atoms with Gasteiger partial charge in [0, 0.05) is 50.0 Å². The number of carbonyl (C=O) groups excluding carboxylic acids is 1. The van der Waals surface area contributed by atoms with Crippen LogP contribution in [0.3, 0.4) is 0 Å². The van der Waals surface area contributed by atoms with E-state index in [1.54, 1.807) is 18.5 Å². The summed E-state index contributed by atoms with van der Waals surface area (Å²) in [6, 6.07) is 11.1. The second-order valence-electron chi connectivity index (χ2n) is 7.30. The molecule has 0 bridgehead atoms. The summed E-state index contributed by atoms with van der Waals surface area (Å²) < 4.78 is 0. The molecule has 7 heteroatoms. The summed E-state index contributed by atoms with van der Waals surface area (Å²) in [5, 5.41) is 3.02. The first-order valence-electron chi connectivity index (χ1n) is 9.92. The number of likely N-dealkylation sites (tertiary alicyclic amines) is 1. The van der Waals surface area contributed by atoms with Gasteiger partial charge in [-0.3, -0.25) is 19.7 Å². The normalized spacial score (nSPS) is 17.0. The number of pyridine rings is 2. The number of aromatic nitrogens is 4. The fourth-order valence-electron chi connectivity index (χ4n) is 3.61. The predicted molar refractivity (Wildman–Crippen MR) is 110 cm³/mol. The molecule has 29 heavy (non-hydrogen) atoms. The van der Waals surface area contributed by atoms with Gasteiger partial charge in [0.1, 0.15) is 11.4 Å². The van der Waals surface area contributed by atoms with Gasteiger partial charge in [-0.1, -0.05) is 12.1 Å². The quantitative estimate of drug-likeness (QED) is 0.699. The summed E-state index contributed by atoms with van der Waals surface area (Å²) in [4.78, 5) is 31.9. The molecule has 7 nitrogen and oxygen atoms in total. The van der Waals surface area contributed by atoms with Crippen LogP contribution in [0.15, 0.2) is 61.2 Å². The summed E-state index contributed by atoms with van der Waals surface area (Å²) in [6.45, 7) is 3.48. The molecular formula is C22H24N6O. The van der Waals surface area contributed by atoms with Gasteiger partial charge in [-0.25, -0.2) is 9.97 Å². The predicted octanol–water partition coefficient (Wildman–Crippen LogP) is 2.58. The van der Waals surface area contributed by atoms with E-state index in [0.29, 0.717) is 24.0 Å². The number of hydrogen-bond donors (Lipinski definition) is 1. The lowest BCUT2D eigenvalue weighted by molar-refractivity contribution is 0.0925. The zero-order valence-corrected chi connectivity index (χ0v) is 16.2. The molecule has 3 aromatic rings. The van der Waals surface area contributed by atoms with Gasteiger partial charge in [0.2, 0.25) is 0 Å². The SMILES string of the molecule is O=C(NCC1CCCN(Cc2cnc(-c3ccccn3)nc2)C1)c1ccccn1. The van der Waals surface area contributed by atoms with Crippen molar-refractivity contribution in [1.29, 1.82) is 0 Å². The van der Waals surface area contributed by atoms with Crippen molar-refractivity contribution in [3.63, 3.8) is 0 Å². The third kappa shape index (κ3) is 5.20. The zero-order chi connectivity index (χ0) is 19.9. The summed E-state index contributed by atoms with van der Waals surface area (Å²) in [5.74, 6) is 0.967. The fourth-order valence-corrected chi connectivity index (χ4v) is 3.61. The van der Waals surface area contributed by atoms with Gasteiger partial charge in [-0.05, 0) is 49.6 Å². The van der Waals surface area contributed by atoms with Gasteiger partial charge < -0.3 is 5.32 Å². The number of hydrogen-bond acceptors (Lipinski definition) is 6. The molecule has 1 unspecified atom stereocenters. The van der Waals surface area contributed by atoms with E-state index < -0.39 is 0 Å². The van der Waals surface area contributed by atoms with E-state index in [0.717, 1.165) is 43.7 Å². The molecule has 1 N–H and O–H groups in total. The third-order valence-corrected chi connectivity index (χ3v) is 5.06. The highest BCUT2D eigenvalue weighted by Crippen LogP contribution is 2.18. The minimum Gasteiger partial charge on any atom is -0.350 e. The number of amides is 1. The Morgan fingerprint density at radius 3 is 2.55 bits per heavy atom. The maximum atomic E-state index is 12.2. The lowest BCUT2D eigenvalue weighted by Crippen LogP contribution is -2.40. The van der Waals surface area contributed by atoms with E-state index in [4.69, 9.17) is 0 Å². The van der Waals surface area contributed by atoms with Crippen LogP contribution in [0.1, 0.15) is 28.9 Å². The highest BCUT2D eigenvalue weighted by Gasteiger charge is 2.21. The second kappa shape index (κ2) is 9.34. The topological polar surface area (TPSA) is 83.9 Å². The first-order chi connectivity index (χ1) is 14.3. The Bertz CT molecular complexity index is 917. The molecule has 1 saturated heterocycles. The number of piperidine rings is 1. The van der Waals surface area contributed by atoms with E-state index in [9.17, 15) is 4.79 Å². The molecule has 4 heterocycles. The lowest BCUT2D eigenvalue weighted by atomic mass is 9.97. The van der Waals surface area contributed by atoms with Crippen molar-refractivity contribution in [2.45, 2.75) is 19.4 Å². The monoisotopic (exact) mass is 388 g/mol. The molecule has 0 spiro atoms. The van der Waals surface area contributed by atoms with Crippen LogP contribution in [0.2, 0.25) is 0 Å². The number of nitrogens with zero attached hydrogens (tertiary/aromatic N) is 5. The Labute approximate surface area is 170 Å². The maximum absolute atomic E-state index is 12.2. The molecule has 3 aromatic heterocycles. The molecule has 1 atom stereocenters. The van der Waals surface area contributed by atoms with Crippen molar-refractivity contribution in [3.05, 3.63) is 72.4 Å². The summed E-state index contributed by atoms with van der Waals surface area (Å²) in [5.41, 5.74) is 2.33. The van der Waals surface area contributed by atoms with Gasteiger partial charge in [0.15, 0.2) is 5.82 Å². The highest BCUT2D eigenvalue weighted by molar-refractivity contribution is 5.92. The molecule has 0 aliphatic carbocycles. The highest BCUT2D eigenvalue weighted by atomic mass is 16.1. The molecule has 1 aliphatic heterocycles. The average Bonchev–Trinajstić information content (AvgIpc) is 2.79. The lowest BCUT2D eigenvalue weighted by Gasteiger charge is -2.32. The van der Waals surface area contributed by atoms with E-state index >= 15 is 0 Å². The van der Waals surface area contributed by atoms with Crippen LogP contribution in [0.25, 0.3) is 11.5 Å². The van der Waals surface area contributed by atoms with Crippen LogP contribution in [0.5, 0.6) is 0 Å². The molecule has 0 aromatic carbocycles. The zero-order valence-electron chi connectivity index (χ0n) is 16.2. The number of rotatable bonds is 6. The first kappa shape index (κ1) is 19.1. The average molecular weight is 388 g/mol. The largest absolute Gasteiger partial charge is 0.350 e. The molecule has 1 aliphatic rings. The van der Waals surface area contributed by atoms with Gasteiger partial charge in [0.05, 0.1) is 0 Å². The Morgan fingerprint density at radius 2 is 1.83 bits per heavy atom. The van der Waals surface area contributed by atoms with Crippen LogP contribution in [0, 0.1) is 5.92 Å². The van der Waals surface area contributed by atoms with Crippen LogP contribution < -0.4 is 5.32 Å². The molecule has 0 saturated carbocycles. The Hall–Kier alpha value is -3.19. The molecule has 4 rings (SSSR count). The van der Waals surface area contributed by atoms with E-state index in [1.165, 1.54) is 0 Å².